The standard InChI is InChI=1S/C14H21F2NO/c1-14(2,3)9-17(4)8-12(18)13-10(15)6-5-7-11(13)16/h5-7,12,18H,8-9H2,1-4H3. The number of rotatable bonds is 4. The van der Waals surface area contributed by atoms with Crippen LogP contribution in [0.1, 0.15) is 32.4 Å². The summed E-state index contributed by atoms with van der Waals surface area (Å²) in [6.07, 6.45) is -1.15. The zero-order valence-electron chi connectivity index (χ0n) is 11.4. The van der Waals surface area contributed by atoms with Gasteiger partial charge in [-0.15, -0.1) is 0 Å². The van der Waals surface area contributed by atoms with E-state index < -0.39 is 17.7 Å². The number of hydrogen-bond donors (Lipinski definition) is 1. The average molecular weight is 257 g/mol. The normalized spacial score (nSPS) is 14.0. The summed E-state index contributed by atoms with van der Waals surface area (Å²) >= 11 is 0. The summed E-state index contributed by atoms with van der Waals surface area (Å²) in [6, 6.07) is 3.61. The summed E-state index contributed by atoms with van der Waals surface area (Å²) < 4.78 is 26.9. The van der Waals surface area contributed by atoms with Crippen molar-refractivity contribution < 1.29 is 13.9 Å². The number of aliphatic hydroxyl groups excluding tert-OH is 1. The molecule has 0 heterocycles. The van der Waals surface area contributed by atoms with E-state index in [9.17, 15) is 13.9 Å². The Hall–Kier alpha value is -1.00. The van der Waals surface area contributed by atoms with Crippen molar-refractivity contribution >= 4 is 0 Å². The number of benzene rings is 1. The van der Waals surface area contributed by atoms with Gasteiger partial charge in [0.15, 0.2) is 0 Å². The summed E-state index contributed by atoms with van der Waals surface area (Å²) in [5, 5.41) is 9.93. The molecule has 1 unspecified atom stereocenters. The smallest absolute Gasteiger partial charge is 0.131 e. The molecule has 0 radical (unpaired) electrons. The first-order valence-corrected chi connectivity index (χ1v) is 6.01. The molecule has 1 aromatic rings. The van der Waals surface area contributed by atoms with Gasteiger partial charge in [-0.3, -0.25) is 0 Å². The van der Waals surface area contributed by atoms with Crippen LogP contribution in [0, 0.1) is 17.0 Å². The molecule has 1 atom stereocenters. The van der Waals surface area contributed by atoms with Gasteiger partial charge in [-0.25, -0.2) is 8.78 Å². The van der Waals surface area contributed by atoms with Crippen molar-refractivity contribution in [3.63, 3.8) is 0 Å². The van der Waals surface area contributed by atoms with E-state index in [1.807, 2.05) is 11.9 Å². The highest BCUT2D eigenvalue weighted by atomic mass is 19.1. The Kier molecular flexibility index (Phi) is 4.82. The van der Waals surface area contributed by atoms with Crippen LogP contribution in [-0.2, 0) is 0 Å². The van der Waals surface area contributed by atoms with Gasteiger partial charge in [-0.2, -0.15) is 0 Å². The van der Waals surface area contributed by atoms with Crippen molar-refractivity contribution in [2.75, 3.05) is 20.1 Å². The minimum absolute atomic E-state index is 0.0717. The fourth-order valence-corrected chi connectivity index (χ4v) is 2.09. The van der Waals surface area contributed by atoms with Gasteiger partial charge in [-0.05, 0) is 24.6 Å². The van der Waals surface area contributed by atoms with Gasteiger partial charge in [0.25, 0.3) is 0 Å². The molecule has 1 aromatic carbocycles. The van der Waals surface area contributed by atoms with Crippen molar-refractivity contribution in [3.8, 4) is 0 Å². The van der Waals surface area contributed by atoms with Crippen LogP contribution in [0.25, 0.3) is 0 Å². The Morgan fingerprint density at radius 2 is 1.72 bits per heavy atom. The highest BCUT2D eigenvalue weighted by Crippen LogP contribution is 2.22. The second kappa shape index (κ2) is 5.76. The molecule has 0 fully saturated rings. The van der Waals surface area contributed by atoms with Crippen LogP contribution in [0.2, 0.25) is 0 Å². The molecular formula is C14H21F2NO. The molecule has 0 aromatic heterocycles. The minimum Gasteiger partial charge on any atom is -0.387 e. The van der Waals surface area contributed by atoms with E-state index in [4.69, 9.17) is 0 Å². The van der Waals surface area contributed by atoms with E-state index in [1.54, 1.807) is 0 Å². The van der Waals surface area contributed by atoms with E-state index >= 15 is 0 Å². The van der Waals surface area contributed by atoms with Gasteiger partial charge in [0.05, 0.1) is 11.7 Å². The maximum Gasteiger partial charge on any atom is 0.131 e. The predicted octanol–water partition coefficient (Wildman–Crippen LogP) is 2.98. The molecule has 1 rings (SSSR count). The summed E-state index contributed by atoms with van der Waals surface area (Å²) in [4.78, 5) is 1.87. The Labute approximate surface area is 107 Å². The highest BCUT2D eigenvalue weighted by Gasteiger charge is 2.21. The fraction of sp³-hybridized carbons (Fsp3) is 0.571. The molecule has 0 aliphatic carbocycles. The minimum atomic E-state index is -1.15. The van der Waals surface area contributed by atoms with Gasteiger partial charge >= 0.3 is 0 Å². The number of aliphatic hydroxyl groups is 1. The Balaban J connectivity index is 2.74. The monoisotopic (exact) mass is 257 g/mol. The molecule has 0 aliphatic heterocycles. The third kappa shape index (κ3) is 4.35. The zero-order valence-corrected chi connectivity index (χ0v) is 11.4. The van der Waals surface area contributed by atoms with Crippen LogP contribution in [0.4, 0.5) is 8.78 Å². The first kappa shape index (κ1) is 15.1. The van der Waals surface area contributed by atoms with Gasteiger partial charge in [-0.1, -0.05) is 26.8 Å². The lowest BCUT2D eigenvalue weighted by molar-refractivity contribution is 0.103. The maximum absolute atomic E-state index is 13.5. The van der Waals surface area contributed by atoms with E-state index in [0.717, 1.165) is 18.7 Å². The molecule has 1 N–H and O–H groups in total. The number of hydrogen-bond acceptors (Lipinski definition) is 2. The summed E-state index contributed by atoms with van der Waals surface area (Å²) in [6.45, 7) is 7.15. The quantitative estimate of drug-likeness (QED) is 0.896. The zero-order chi connectivity index (χ0) is 13.9. The summed E-state index contributed by atoms with van der Waals surface area (Å²) in [5.74, 6) is -1.40. The predicted molar refractivity (Wildman–Crippen MR) is 68.3 cm³/mol. The van der Waals surface area contributed by atoms with Crippen LogP contribution in [0.15, 0.2) is 18.2 Å². The maximum atomic E-state index is 13.5. The lowest BCUT2D eigenvalue weighted by atomic mass is 9.96. The SMILES string of the molecule is CN(CC(O)c1c(F)cccc1F)CC(C)(C)C. The molecule has 0 spiro atoms. The van der Waals surface area contributed by atoms with E-state index in [2.05, 4.69) is 20.8 Å². The molecular weight excluding hydrogens is 236 g/mol. The Morgan fingerprint density at radius 3 is 2.17 bits per heavy atom. The molecule has 0 aliphatic rings. The first-order chi connectivity index (χ1) is 8.20. The summed E-state index contributed by atoms with van der Waals surface area (Å²) in [7, 11) is 1.83. The van der Waals surface area contributed by atoms with Gasteiger partial charge in [0.2, 0.25) is 0 Å². The second-order valence-electron chi connectivity index (χ2n) is 5.91. The van der Waals surface area contributed by atoms with E-state index in [0.29, 0.717) is 0 Å². The van der Waals surface area contributed by atoms with Crippen molar-refractivity contribution in [2.45, 2.75) is 26.9 Å². The molecule has 102 valence electrons. The molecule has 0 saturated heterocycles. The van der Waals surface area contributed by atoms with E-state index in [-0.39, 0.29) is 17.5 Å². The Morgan fingerprint density at radius 1 is 1.22 bits per heavy atom. The van der Waals surface area contributed by atoms with Crippen LogP contribution in [0.3, 0.4) is 0 Å². The largest absolute Gasteiger partial charge is 0.387 e. The number of nitrogens with zero attached hydrogens (tertiary/aromatic N) is 1. The number of halogens is 2. The molecule has 4 heteroatoms. The van der Waals surface area contributed by atoms with Gasteiger partial charge < -0.3 is 10.0 Å². The van der Waals surface area contributed by atoms with Crippen LogP contribution < -0.4 is 0 Å². The highest BCUT2D eigenvalue weighted by molar-refractivity contribution is 5.22. The Bertz CT molecular complexity index is 381. The van der Waals surface area contributed by atoms with Gasteiger partial charge in [0.1, 0.15) is 11.6 Å². The molecule has 0 saturated carbocycles. The van der Waals surface area contributed by atoms with Crippen molar-refractivity contribution in [1.82, 2.24) is 4.90 Å². The molecule has 0 amide bonds. The van der Waals surface area contributed by atoms with Crippen LogP contribution >= 0.6 is 0 Å². The third-order valence-electron chi connectivity index (χ3n) is 2.56. The fourth-order valence-electron chi connectivity index (χ4n) is 2.09. The van der Waals surface area contributed by atoms with Crippen molar-refractivity contribution in [2.24, 2.45) is 5.41 Å². The summed E-state index contributed by atoms with van der Waals surface area (Å²) in [5.41, 5.74) is -0.180. The molecule has 2 nitrogen and oxygen atoms in total. The van der Waals surface area contributed by atoms with Crippen LogP contribution in [-0.4, -0.2) is 30.1 Å². The van der Waals surface area contributed by atoms with Crippen molar-refractivity contribution in [3.05, 3.63) is 35.4 Å². The number of likely N-dealkylation sites (N-methyl/N-ethyl adjacent to an activating group) is 1. The van der Waals surface area contributed by atoms with Crippen molar-refractivity contribution in [1.29, 1.82) is 0 Å². The van der Waals surface area contributed by atoms with Crippen LogP contribution in [0.5, 0.6) is 0 Å². The average Bonchev–Trinajstić information content (AvgIpc) is 2.13. The molecule has 0 bridgehead atoms. The topological polar surface area (TPSA) is 23.5 Å². The second-order valence-corrected chi connectivity index (χ2v) is 5.91. The first-order valence-electron chi connectivity index (χ1n) is 6.01. The van der Waals surface area contributed by atoms with Gasteiger partial charge in [0, 0.05) is 13.1 Å². The lowest BCUT2D eigenvalue weighted by Gasteiger charge is -2.28. The third-order valence-corrected chi connectivity index (χ3v) is 2.56. The van der Waals surface area contributed by atoms with E-state index in [1.165, 1.54) is 6.07 Å². The molecule has 18 heavy (non-hydrogen) atoms. The lowest BCUT2D eigenvalue weighted by Crippen LogP contribution is -2.33.